The minimum absolute atomic E-state index is 0.315. The largest absolute Gasteiger partial charge is 0.320 e. The van der Waals surface area contributed by atoms with Crippen LogP contribution in [0.5, 0.6) is 0 Å². The maximum Gasteiger partial charge on any atom is 0.260 e. The van der Waals surface area contributed by atoms with Gasteiger partial charge in [-0.3, -0.25) is 9.63 Å². The van der Waals surface area contributed by atoms with Gasteiger partial charge in [0.25, 0.3) is 5.91 Å². The lowest BCUT2D eigenvalue weighted by molar-refractivity contribution is -0.135. The number of carbonyl (C=O) groups excluding carboxylic acids is 1. The van der Waals surface area contributed by atoms with Crippen molar-refractivity contribution in [2.45, 2.75) is 19.1 Å². The summed E-state index contributed by atoms with van der Waals surface area (Å²) in [5.74, 6) is -0.315. The molecule has 0 aliphatic carbocycles. The van der Waals surface area contributed by atoms with E-state index in [9.17, 15) is 4.79 Å². The Morgan fingerprint density at radius 1 is 1.00 bits per heavy atom. The smallest absolute Gasteiger partial charge is 0.260 e. The van der Waals surface area contributed by atoms with Crippen LogP contribution in [0.2, 0.25) is 0 Å². The van der Waals surface area contributed by atoms with Crippen molar-refractivity contribution in [1.29, 1.82) is 0 Å². The van der Waals surface area contributed by atoms with Crippen molar-refractivity contribution < 1.29 is 9.63 Å². The Balaban J connectivity index is 1.74. The number of rotatable bonds is 6. The number of benzene rings is 2. The zero-order valence-corrected chi connectivity index (χ0v) is 11.2. The van der Waals surface area contributed by atoms with Crippen LogP contribution in [0.25, 0.3) is 0 Å². The summed E-state index contributed by atoms with van der Waals surface area (Å²) >= 11 is 0. The average Bonchev–Trinajstić information content (AvgIpc) is 2.49. The number of nitrogens with two attached hydrogens (primary N) is 1. The van der Waals surface area contributed by atoms with E-state index in [2.05, 4.69) is 5.48 Å². The van der Waals surface area contributed by atoms with Gasteiger partial charge < -0.3 is 5.73 Å². The van der Waals surface area contributed by atoms with Gasteiger partial charge in [0.1, 0.15) is 0 Å². The quantitative estimate of drug-likeness (QED) is 0.787. The maximum atomic E-state index is 11.8. The van der Waals surface area contributed by atoms with Gasteiger partial charge in [-0.05, 0) is 17.5 Å². The molecule has 104 valence electrons. The van der Waals surface area contributed by atoms with Gasteiger partial charge in [-0.1, -0.05) is 60.7 Å². The minimum Gasteiger partial charge on any atom is -0.320 e. The van der Waals surface area contributed by atoms with Crippen molar-refractivity contribution in [3.63, 3.8) is 0 Å². The Kier molecular flexibility index (Phi) is 5.29. The summed E-state index contributed by atoms with van der Waals surface area (Å²) in [7, 11) is 0. The number of amides is 1. The second-order valence-corrected chi connectivity index (χ2v) is 4.54. The van der Waals surface area contributed by atoms with Crippen LogP contribution in [0.4, 0.5) is 0 Å². The molecule has 2 aromatic carbocycles. The van der Waals surface area contributed by atoms with Crippen molar-refractivity contribution >= 4 is 5.91 Å². The van der Waals surface area contributed by atoms with E-state index in [1.165, 1.54) is 0 Å². The van der Waals surface area contributed by atoms with Crippen LogP contribution in [0, 0.1) is 0 Å². The molecule has 4 heteroatoms. The van der Waals surface area contributed by atoms with E-state index >= 15 is 0 Å². The van der Waals surface area contributed by atoms with Gasteiger partial charge in [-0.2, -0.15) is 0 Å². The van der Waals surface area contributed by atoms with E-state index in [1.807, 2.05) is 60.7 Å². The molecule has 1 amide bonds. The Morgan fingerprint density at radius 2 is 1.55 bits per heavy atom. The molecule has 4 nitrogen and oxygen atoms in total. The van der Waals surface area contributed by atoms with Crippen LogP contribution >= 0.6 is 0 Å². The summed E-state index contributed by atoms with van der Waals surface area (Å²) < 4.78 is 0. The van der Waals surface area contributed by atoms with E-state index in [-0.39, 0.29) is 5.91 Å². The van der Waals surface area contributed by atoms with Crippen LogP contribution in [0.15, 0.2) is 60.7 Å². The Morgan fingerprint density at radius 3 is 2.15 bits per heavy atom. The topological polar surface area (TPSA) is 64.4 Å². The van der Waals surface area contributed by atoms with Crippen LogP contribution in [-0.2, 0) is 22.7 Å². The standard InChI is InChI=1S/C16H18N2O2/c17-15(11-13-7-3-1-4-8-13)16(19)18-20-12-14-9-5-2-6-10-14/h1-10,15H,11-12,17H2,(H,18,19)/t15-/m1/s1. The summed E-state index contributed by atoms with van der Waals surface area (Å²) in [6, 6.07) is 18.7. The Labute approximate surface area is 118 Å². The molecule has 0 saturated carbocycles. The molecule has 0 aromatic heterocycles. The molecule has 0 spiro atoms. The van der Waals surface area contributed by atoms with E-state index in [0.29, 0.717) is 13.0 Å². The maximum absolute atomic E-state index is 11.8. The monoisotopic (exact) mass is 270 g/mol. The Hall–Kier alpha value is -2.17. The van der Waals surface area contributed by atoms with Crippen molar-refractivity contribution in [2.75, 3.05) is 0 Å². The lowest BCUT2D eigenvalue weighted by atomic mass is 10.1. The minimum atomic E-state index is -0.617. The predicted molar refractivity (Wildman–Crippen MR) is 77.5 cm³/mol. The van der Waals surface area contributed by atoms with E-state index in [1.54, 1.807) is 0 Å². The molecule has 2 aromatic rings. The molecular weight excluding hydrogens is 252 g/mol. The number of hydrogen-bond acceptors (Lipinski definition) is 3. The van der Waals surface area contributed by atoms with E-state index in [0.717, 1.165) is 11.1 Å². The summed E-state index contributed by atoms with van der Waals surface area (Å²) in [5.41, 5.74) is 10.2. The lowest BCUT2D eigenvalue weighted by Gasteiger charge is -2.12. The SMILES string of the molecule is N[C@H](Cc1ccccc1)C(=O)NOCc1ccccc1. The molecule has 20 heavy (non-hydrogen) atoms. The fourth-order valence-electron chi connectivity index (χ4n) is 1.80. The molecule has 0 aliphatic heterocycles. The van der Waals surface area contributed by atoms with Gasteiger partial charge in [-0.15, -0.1) is 0 Å². The van der Waals surface area contributed by atoms with Gasteiger partial charge in [0, 0.05) is 0 Å². The molecule has 0 aliphatic rings. The van der Waals surface area contributed by atoms with Gasteiger partial charge in [0.05, 0.1) is 12.6 Å². The van der Waals surface area contributed by atoms with E-state index < -0.39 is 6.04 Å². The summed E-state index contributed by atoms with van der Waals surface area (Å²) in [6.07, 6.45) is 0.487. The van der Waals surface area contributed by atoms with E-state index in [4.69, 9.17) is 10.6 Å². The fourth-order valence-corrected chi connectivity index (χ4v) is 1.80. The molecule has 0 heterocycles. The first kappa shape index (κ1) is 14.2. The van der Waals surface area contributed by atoms with Crippen LogP contribution in [0.1, 0.15) is 11.1 Å². The Bertz CT molecular complexity index is 529. The second-order valence-electron chi connectivity index (χ2n) is 4.54. The molecule has 0 bridgehead atoms. The molecule has 0 radical (unpaired) electrons. The lowest BCUT2D eigenvalue weighted by Crippen LogP contribution is -2.41. The van der Waals surface area contributed by atoms with Gasteiger partial charge in [-0.25, -0.2) is 5.48 Å². The van der Waals surface area contributed by atoms with Crippen LogP contribution < -0.4 is 11.2 Å². The zero-order valence-electron chi connectivity index (χ0n) is 11.2. The van der Waals surface area contributed by atoms with Crippen LogP contribution in [-0.4, -0.2) is 11.9 Å². The summed E-state index contributed by atoms with van der Waals surface area (Å²) in [4.78, 5) is 16.9. The fraction of sp³-hybridized carbons (Fsp3) is 0.188. The zero-order chi connectivity index (χ0) is 14.2. The molecule has 0 unspecified atom stereocenters. The molecular formula is C16H18N2O2. The number of hydroxylamine groups is 1. The first-order valence-corrected chi connectivity index (χ1v) is 6.51. The summed E-state index contributed by atoms with van der Waals surface area (Å²) in [5, 5.41) is 0. The molecule has 0 saturated heterocycles. The van der Waals surface area contributed by atoms with Crippen molar-refractivity contribution in [3.8, 4) is 0 Å². The third-order valence-electron chi connectivity index (χ3n) is 2.89. The average molecular weight is 270 g/mol. The highest BCUT2D eigenvalue weighted by molar-refractivity contribution is 5.80. The molecule has 3 N–H and O–H groups in total. The number of hydrogen-bond donors (Lipinski definition) is 2. The highest BCUT2D eigenvalue weighted by Crippen LogP contribution is 2.02. The van der Waals surface area contributed by atoms with Gasteiger partial charge in [0.15, 0.2) is 0 Å². The van der Waals surface area contributed by atoms with Crippen molar-refractivity contribution in [1.82, 2.24) is 5.48 Å². The first-order chi connectivity index (χ1) is 9.75. The molecule has 2 rings (SSSR count). The van der Waals surface area contributed by atoms with Crippen LogP contribution in [0.3, 0.4) is 0 Å². The third-order valence-corrected chi connectivity index (χ3v) is 2.89. The number of carbonyl (C=O) groups is 1. The van der Waals surface area contributed by atoms with Crippen molar-refractivity contribution in [3.05, 3.63) is 71.8 Å². The second kappa shape index (κ2) is 7.43. The number of nitrogens with one attached hydrogen (secondary N) is 1. The third kappa shape index (κ3) is 4.50. The van der Waals surface area contributed by atoms with Crippen molar-refractivity contribution in [2.24, 2.45) is 5.73 Å². The highest BCUT2D eigenvalue weighted by Gasteiger charge is 2.13. The summed E-state index contributed by atoms with van der Waals surface area (Å²) in [6.45, 7) is 0.324. The molecule has 0 fully saturated rings. The molecule has 1 atom stereocenters. The normalized spacial score (nSPS) is 11.8. The predicted octanol–water partition coefficient (Wildman–Crippen LogP) is 1.80. The van der Waals surface area contributed by atoms with Gasteiger partial charge in [0.2, 0.25) is 0 Å². The first-order valence-electron chi connectivity index (χ1n) is 6.51. The van der Waals surface area contributed by atoms with Gasteiger partial charge >= 0.3 is 0 Å². The highest BCUT2D eigenvalue weighted by atomic mass is 16.6.